The summed E-state index contributed by atoms with van der Waals surface area (Å²) in [5.74, 6) is 1.53. The maximum Gasteiger partial charge on any atom is 0.122 e. The second kappa shape index (κ2) is 4.88. The van der Waals surface area contributed by atoms with Gasteiger partial charge in [-0.15, -0.1) is 0 Å². The maximum absolute atomic E-state index is 5.63. The van der Waals surface area contributed by atoms with Crippen LogP contribution in [0.15, 0.2) is 12.1 Å². The van der Waals surface area contributed by atoms with Crippen molar-refractivity contribution < 1.29 is 4.74 Å². The Labute approximate surface area is 97.8 Å². The van der Waals surface area contributed by atoms with Gasteiger partial charge in [0.15, 0.2) is 0 Å². The molecule has 0 aromatic heterocycles. The molecule has 1 unspecified atom stereocenters. The molecule has 0 saturated heterocycles. The Kier molecular flexibility index (Phi) is 3.49. The predicted molar refractivity (Wildman–Crippen MR) is 67.1 cm³/mol. The lowest BCUT2D eigenvalue weighted by Crippen LogP contribution is -2.06. The smallest absolute Gasteiger partial charge is 0.122 e. The van der Waals surface area contributed by atoms with E-state index in [0.29, 0.717) is 5.92 Å². The molecular formula is C14H21NO. The molecule has 0 bridgehead atoms. The van der Waals surface area contributed by atoms with Crippen LogP contribution in [0.2, 0.25) is 0 Å². The summed E-state index contributed by atoms with van der Waals surface area (Å²) >= 11 is 0. The number of hydrogen-bond acceptors (Lipinski definition) is 2. The van der Waals surface area contributed by atoms with E-state index in [1.54, 1.807) is 7.11 Å². The van der Waals surface area contributed by atoms with Crippen LogP contribution in [0.3, 0.4) is 0 Å². The van der Waals surface area contributed by atoms with E-state index in [2.05, 4.69) is 19.1 Å². The largest absolute Gasteiger partial charge is 0.496 e. The van der Waals surface area contributed by atoms with Crippen LogP contribution in [0.1, 0.15) is 42.4 Å². The Morgan fingerprint density at radius 3 is 2.62 bits per heavy atom. The molecule has 2 rings (SSSR count). The van der Waals surface area contributed by atoms with Gasteiger partial charge in [0, 0.05) is 0 Å². The molecule has 1 aromatic carbocycles. The van der Waals surface area contributed by atoms with E-state index >= 15 is 0 Å². The maximum atomic E-state index is 5.63. The van der Waals surface area contributed by atoms with Crippen molar-refractivity contribution in [2.45, 2.75) is 38.5 Å². The molecule has 0 amide bonds. The minimum Gasteiger partial charge on any atom is -0.496 e. The average molecular weight is 219 g/mol. The Morgan fingerprint density at radius 1 is 1.31 bits per heavy atom. The van der Waals surface area contributed by atoms with E-state index < -0.39 is 0 Å². The van der Waals surface area contributed by atoms with Gasteiger partial charge < -0.3 is 10.5 Å². The summed E-state index contributed by atoms with van der Waals surface area (Å²) in [6.07, 6.45) is 4.74. The lowest BCUT2D eigenvalue weighted by Gasteiger charge is -2.17. The summed E-state index contributed by atoms with van der Waals surface area (Å²) < 4.78 is 5.50. The molecule has 2 heteroatoms. The number of nitrogens with two attached hydrogens (primary N) is 1. The Morgan fingerprint density at radius 2 is 2.00 bits per heavy atom. The fraction of sp³-hybridized carbons (Fsp3) is 0.571. The van der Waals surface area contributed by atoms with Crippen molar-refractivity contribution in [3.8, 4) is 5.75 Å². The average Bonchev–Trinajstić information content (AvgIpc) is 2.74. The Hall–Kier alpha value is -1.02. The summed E-state index contributed by atoms with van der Waals surface area (Å²) in [6.45, 7) is 2.97. The first-order chi connectivity index (χ1) is 7.76. The van der Waals surface area contributed by atoms with E-state index in [0.717, 1.165) is 18.7 Å². The highest BCUT2D eigenvalue weighted by Gasteiger charge is 2.17. The second-order valence-electron chi connectivity index (χ2n) is 4.69. The first-order valence-corrected chi connectivity index (χ1v) is 6.16. The Balaban J connectivity index is 2.35. The van der Waals surface area contributed by atoms with E-state index in [9.17, 15) is 0 Å². The third-order valence-electron chi connectivity index (χ3n) is 3.57. The number of rotatable bonds is 4. The van der Waals surface area contributed by atoms with Crippen molar-refractivity contribution >= 4 is 0 Å². The van der Waals surface area contributed by atoms with Gasteiger partial charge in [0.2, 0.25) is 0 Å². The zero-order valence-electron chi connectivity index (χ0n) is 10.3. The summed E-state index contributed by atoms with van der Waals surface area (Å²) in [5, 5.41) is 0. The number of fused-ring (bicyclic) bond motifs is 1. The van der Waals surface area contributed by atoms with Gasteiger partial charge in [-0.25, -0.2) is 0 Å². The molecule has 1 atom stereocenters. The fourth-order valence-corrected chi connectivity index (χ4v) is 2.59. The predicted octanol–water partition coefficient (Wildman–Crippen LogP) is 2.64. The van der Waals surface area contributed by atoms with Gasteiger partial charge in [-0.3, -0.25) is 0 Å². The van der Waals surface area contributed by atoms with Crippen molar-refractivity contribution in [3.63, 3.8) is 0 Å². The number of benzene rings is 1. The molecule has 2 nitrogen and oxygen atoms in total. The summed E-state index contributed by atoms with van der Waals surface area (Å²) in [7, 11) is 1.76. The summed E-state index contributed by atoms with van der Waals surface area (Å²) in [6, 6.07) is 4.56. The first-order valence-electron chi connectivity index (χ1n) is 6.16. The topological polar surface area (TPSA) is 35.2 Å². The van der Waals surface area contributed by atoms with Crippen LogP contribution in [-0.2, 0) is 12.8 Å². The van der Waals surface area contributed by atoms with Crippen molar-refractivity contribution in [1.82, 2.24) is 0 Å². The number of hydrogen-bond donors (Lipinski definition) is 1. The van der Waals surface area contributed by atoms with Crippen LogP contribution in [0, 0.1) is 0 Å². The molecule has 1 aliphatic carbocycles. The highest BCUT2D eigenvalue weighted by Crippen LogP contribution is 2.34. The zero-order chi connectivity index (χ0) is 11.5. The molecule has 0 heterocycles. The lowest BCUT2D eigenvalue weighted by molar-refractivity contribution is 0.405. The number of aryl methyl sites for hydroxylation is 2. The SMILES string of the molecule is COc1cc2c(cc1C(C)CCN)CCC2. The number of ether oxygens (including phenoxy) is 1. The monoisotopic (exact) mass is 219 g/mol. The van der Waals surface area contributed by atoms with Gasteiger partial charge in [-0.05, 0) is 60.9 Å². The zero-order valence-corrected chi connectivity index (χ0v) is 10.3. The summed E-state index contributed by atoms with van der Waals surface area (Å²) in [5.41, 5.74) is 9.94. The molecule has 0 radical (unpaired) electrons. The van der Waals surface area contributed by atoms with E-state index in [1.165, 1.54) is 36.0 Å². The normalized spacial score (nSPS) is 15.9. The van der Waals surface area contributed by atoms with Gasteiger partial charge in [-0.1, -0.05) is 13.0 Å². The quantitative estimate of drug-likeness (QED) is 0.845. The Bertz CT molecular complexity index is 373. The summed E-state index contributed by atoms with van der Waals surface area (Å²) in [4.78, 5) is 0. The van der Waals surface area contributed by atoms with Crippen LogP contribution < -0.4 is 10.5 Å². The molecule has 1 aliphatic rings. The molecular weight excluding hydrogens is 198 g/mol. The standard InChI is InChI=1S/C14H21NO/c1-10(6-7-15)13-8-11-4-3-5-12(11)9-14(13)16-2/h8-10H,3-7,15H2,1-2H3. The molecule has 0 aliphatic heterocycles. The van der Waals surface area contributed by atoms with Crippen molar-refractivity contribution in [2.75, 3.05) is 13.7 Å². The molecule has 0 fully saturated rings. The molecule has 1 aromatic rings. The van der Waals surface area contributed by atoms with Crippen LogP contribution in [-0.4, -0.2) is 13.7 Å². The minimum atomic E-state index is 0.492. The van der Waals surface area contributed by atoms with E-state index in [4.69, 9.17) is 10.5 Å². The van der Waals surface area contributed by atoms with Crippen molar-refractivity contribution in [1.29, 1.82) is 0 Å². The third kappa shape index (κ3) is 2.07. The van der Waals surface area contributed by atoms with Crippen LogP contribution in [0.5, 0.6) is 5.75 Å². The van der Waals surface area contributed by atoms with E-state index in [1.807, 2.05) is 0 Å². The fourth-order valence-electron chi connectivity index (χ4n) is 2.59. The van der Waals surface area contributed by atoms with Gasteiger partial charge in [0.05, 0.1) is 7.11 Å². The highest BCUT2D eigenvalue weighted by molar-refractivity contribution is 5.46. The van der Waals surface area contributed by atoms with Crippen LogP contribution in [0.4, 0.5) is 0 Å². The van der Waals surface area contributed by atoms with Crippen molar-refractivity contribution in [2.24, 2.45) is 5.73 Å². The molecule has 88 valence electrons. The molecule has 16 heavy (non-hydrogen) atoms. The minimum absolute atomic E-state index is 0.492. The molecule has 0 spiro atoms. The first kappa shape index (κ1) is 11.5. The molecule has 2 N–H and O–H groups in total. The second-order valence-corrected chi connectivity index (χ2v) is 4.69. The van der Waals surface area contributed by atoms with E-state index in [-0.39, 0.29) is 0 Å². The lowest BCUT2D eigenvalue weighted by atomic mass is 9.93. The van der Waals surface area contributed by atoms with Gasteiger partial charge >= 0.3 is 0 Å². The van der Waals surface area contributed by atoms with Crippen LogP contribution in [0.25, 0.3) is 0 Å². The molecule has 0 saturated carbocycles. The van der Waals surface area contributed by atoms with Crippen LogP contribution >= 0.6 is 0 Å². The highest BCUT2D eigenvalue weighted by atomic mass is 16.5. The van der Waals surface area contributed by atoms with Crippen molar-refractivity contribution in [3.05, 3.63) is 28.8 Å². The van der Waals surface area contributed by atoms with Gasteiger partial charge in [0.25, 0.3) is 0 Å². The van der Waals surface area contributed by atoms with Gasteiger partial charge in [-0.2, -0.15) is 0 Å². The third-order valence-corrected chi connectivity index (χ3v) is 3.57. The van der Waals surface area contributed by atoms with Gasteiger partial charge in [0.1, 0.15) is 5.75 Å². The number of methoxy groups -OCH3 is 1.